The average molecular weight is 248 g/mol. The topological polar surface area (TPSA) is 92.8 Å². The maximum atomic E-state index is 10.5. The number of ether oxygens (including phenoxy) is 1. The van der Waals surface area contributed by atoms with Gasteiger partial charge in [-0.2, -0.15) is 0 Å². The first-order valence-electron chi connectivity index (χ1n) is 4.39. The highest BCUT2D eigenvalue weighted by molar-refractivity contribution is 5.85. The van der Waals surface area contributed by atoms with Gasteiger partial charge >= 0.3 is 5.97 Å². The number of carbonyl (C=O) groups is 1. The number of phenolic OH excluding ortho intramolecular Hbond substituents is 1. The monoisotopic (exact) mass is 247 g/mol. The molecule has 0 aliphatic rings. The molecule has 5 nitrogen and oxygen atoms in total. The van der Waals surface area contributed by atoms with E-state index in [0.29, 0.717) is 5.56 Å². The zero-order valence-electron chi connectivity index (χ0n) is 8.71. The molecule has 0 aliphatic heterocycles. The van der Waals surface area contributed by atoms with Gasteiger partial charge in [0.25, 0.3) is 0 Å². The summed E-state index contributed by atoms with van der Waals surface area (Å²) in [5.41, 5.74) is 6.00. The van der Waals surface area contributed by atoms with Crippen LogP contribution in [0.3, 0.4) is 0 Å². The van der Waals surface area contributed by atoms with Crippen LogP contribution in [0.1, 0.15) is 18.0 Å². The molecule has 16 heavy (non-hydrogen) atoms. The second-order valence-corrected chi connectivity index (χ2v) is 3.10. The quantitative estimate of drug-likeness (QED) is 0.746. The van der Waals surface area contributed by atoms with Gasteiger partial charge in [0, 0.05) is 11.6 Å². The van der Waals surface area contributed by atoms with Crippen molar-refractivity contribution in [1.29, 1.82) is 0 Å². The lowest BCUT2D eigenvalue weighted by Gasteiger charge is -2.13. The minimum Gasteiger partial charge on any atom is -0.504 e. The van der Waals surface area contributed by atoms with Crippen molar-refractivity contribution in [2.75, 3.05) is 7.11 Å². The van der Waals surface area contributed by atoms with E-state index in [0.717, 1.165) is 0 Å². The number of carboxylic acids is 1. The summed E-state index contributed by atoms with van der Waals surface area (Å²) in [6.07, 6.45) is -0.235. The van der Waals surface area contributed by atoms with Crippen LogP contribution in [0.4, 0.5) is 0 Å². The van der Waals surface area contributed by atoms with Gasteiger partial charge in [0.2, 0.25) is 0 Å². The predicted octanol–water partition coefficient (Wildman–Crippen LogP) is 1.30. The van der Waals surface area contributed by atoms with Gasteiger partial charge < -0.3 is 20.7 Å². The van der Waals surface area contributed by atoms with Crippen LogP contribution in [0.2, 0.25) is 0 Å². The Kier molecular flexibility index (Phi) is 5.63. The van der Waals surface area contributed by atoms with Gasteiger partial charge in [0.05, 0.1) is 13.5 Å². The van der Waals surface area contributed by atoms with Gasteiger partial charge in [-0.05, 0) is 6.07 Å². The number of phenols is 1. The summed E-state index contributed by atoms with van der Waals surface area (Å²) in [6.45, 7) is 0. The molecule has 0 spiro atoms. The molecular weight excluding hydrogens is 234 g/mol. The van der Waals surface area contributed by atoms with Crippen molar-refractivity contribution < 1.29 is 19.7 Å². The van der Waals surface area contributed by atoms with Crippen LogP contribution >= 0.6 is 12.4 Å². The summed E-state index contributed by atoms with van der Waals surface area (Å²) in [5, 5.41) is 18.2. The normalized spacial score (nSPS) is 11.4. The molecule has 0 heterocycles. The van der Waals surface area contributed by atoms with E-state index in [1.165, 1.54) is 7.11 Å². The summed E-state index contributed by atoms with van der Waals surface area (Å²) < 4.78 is 4.89. The van der Waals surface area contributed by atoms with E-state index < -0.39 is 12.0 Å². The highest BCUT2D eigenvalue weighted by atomic mass is 35.5. The third-order valence-electron chi connectivity index (χ3n) is 2.04. The van der Waals surface area contributed by atoms with Crippen LogP contribution in [-0.4, -0.2) is 23.3 Å². The van der Waals surface area contributed by atoms with E-state index in [-0.39, 0.29) is 30.3 Å². The average Bonchev–Trinajstić information content (AvgIpc) is 2.17. The molecule has 1 aromatic carbocycles. The molecule has 0 fully saturated rings. The Morgan fingerprint density at radius 3 is 2.69 bits per heavy atom. The Balaban J connectivity index is 0.00000225. The molecule has 4 N–H and O–H groups in total. The van der Waals surface area contributed by atoms with E-state index >= 15 is 0 Å². The number of methoxy groups -OCH3 is 1. The highest BCUT2D eigenvalue weighted by Crippen LogP contribution is 2.33. The minimum absolute atomic E-state index is 0. The van der Waals surface area contributed by atoms with Gasteiger partial charge in [-0.1, -0.05) is 12.1 Å². The van der Waals surface area contributed by atoms with Crippen molar-refractivity contribution in [1.82, 2.24) is 0 Å². The molecule has 0 bridgehead atoms. The van der Waals surface area contributed by atoms with Crippen LogP contribution < -0.4 is 10.5 Å². The van der Waals surface area contributed by atoms with Crippen LogP contribution in [0.25, 0.3) is 0 Å². The molecule has 90 valence electrons. The maximum absolute atomic E-state index is 10.5. The third kappa shape index (κ3) is 3.29. The molecule has 0 amide bonds. The Hall–Kier alpha value is -1.46. The second-order valence-electron chi connectivity index (χ2n) is 3.10. The number of rotatable bonds is 4. The van der Waals surface area contributed by atoms with E-state index in [1.807, 2.05) is 0 Å². The minimum atomic E-state index is -1.01. The summed E-state index contributed by atoms with van der Waals surface area (Å²) in [6, 6.07) is 4.06. The fourth-order valence-electron chi connectivity index (χ4n) is 1.30. The van der Waals surface area contributed by atoms with E-state index in [1.54, 1.807) is 18.2 Å². The third-order valence-corrected chi connectivity index (χ3v) is 2.04. The summed E-state index contributed by atoms with van der Waals surface area (Å²) in [5.74, 6) is -0.827. The Morgan fingerprint density at radius 2 is 2.19 bits per heavy atom. The largest absolute Gasteiger partial charge is 0.504 e. The SMILES string of the molecule is COc1cccc(C(N)CC(=O)O)c1O.Cl. The Morgan fingerprint density at radius 1 is 1.56 bits per heavy atom. The number of benzene rings is 1. The maximum Gasteiger partial charge on any atom is 0.305 e. The summed E-state index contributed by atoms with van der Waals surface area (Å²) >= 11 is 0. The number of aliphatic carboxylic acids is 1. The molecule has 1 unspecified atom stereocenters. The number of hydrogen-bond acceptors (Lipinski definition) is 4. The lowest BCUT2D eigenvalue weighted by atomic mass is 10.0. The molecule has 0 radical (unpaired) electrons. The number of nitrogens with two attached hydrogens (primary N) is 1. The Labute approximate surface area is 99.2 Å². The van der Waals surface area contributed by atoms with Crippen molar-refractivity contribution in [3.8, 4) is 11.5 Å². The zero-order chi connectivity index (χ0) is 11.4. The summed E-state index contributed by atoms with van der Waals surface area (Å²) in [4.78, 5) is 10.5. The van der Waals surface area contributed by atoms with Gasteiger partial charge in [0.1, 0.15) is 0 Å². The number of carboxylic acid groups (broad SMARTS) is 1. The standard InChI is InChI=1S/C10H13NO4.ClH/c1-15-8-4-2-3-6(10(8)14)7(11)5-9(12)13;/h2-4,7,14H,5,11H2,1H3,(H,12,13);1H. The summed E-state index contributed by atoms with van der Waals surface area (Å²) in [7, 11) is 1.42. The number of halogens is 1. The molecular formula is C10H14ClNO4. The number of para-hydroxylation sites is 1. The van der Waals surface area contributed by atoms with Crippen LogP contribution in [0.15, 0.2) is 18.2 Å². The van der Waals surface area contributed by atoms with Crippen LogP contribution in [0.5, 0.6) is 11.5 Å². The van der Waals surface area contributed by atoms with Crippen LogP contribution in [-0.2, 0) is 4.79 Å². The lowest BCUT2D eigenvalue weighted by Crippen LogP contribution is -2.15. The van der Waals surface area contributed by atoms with Gasteiger partial charge in [-0.3, -0.25) is 4.79 Å². The molecule has 0 aromatic heterocycles. The van der Waals surface area contributed by atoms with Crippen molar-refractivity contribution >= 4 is 18.4 Å². The van der Waals surface area contributed by atoms with E-state index in [9.17, 15) is 9.90 Å². The van der Waals surface area contributed by atoms with Gasteiger partial charge in [0.15, 0.2) is 11.5 Å². The molecule has 0 aliphatic carbocycles. The molecule has 0 saturated heterocycles. The molecule has 0 saturated carbocycles. The van der Waals surface area contributed by atoms with E-state index in [4.69, 9.17) is 15.6 Å². The first-order valence-corrected chi connectivity index (χ1v) is 4.39. The van der Waals surface area contributed by atoms with E-state index in [2.05, 4.69) is 0 Å². The molecule has 1 aromatic rings. The molecule has 1 rings (SSSR count). The lowest BCUT2D eigenvalue weighted by molar-refractivity contribution is -0.137. The van der Waals surface area contributed by atoms with Crippen molar-refractivity contribution in [3.63, 3.8) is 0 Å². The number of aromatic hydroxyl groups is 1. The van der Waals surface area contributed by atoms with Crippen LogP contribution in [0, 0.1) is 0 Å². The zero-order valence-corrected chi connectivity index (χ0v) is 9.53. The first-order chi connectivity index (χ1) is 7.06. The highest BCUT2D eigenvalue weighted by Gasteiger charge is 2.16. The fourth-order valence-corrected chi connectivity index (χ4v) is 1.30. The second kappa shape index (κ2) is 6.19. The van der Waals surface area contributed by atoms with Crippen molar-refractivity contribution in [2.24, 2.45) is 5.73 Å². The molecule has 1 atom stereocenters. The Bertz CT molecular complexity index is 370. The smallest absolute Gasteiger partial charge is 0.305 e. The predicted molar refractivity (Wildman–Crippen MR) is 61.1 cm³/mol. The fraction of sp³-hybridized carbons (Fsp3) is 0.300. The number of hydrogen-bond donors (Lipinski definition) is 3. The van der Waals surface area contributed by atoms with Gasteiger partial charge in [-0.15, -0.1) is 12.4 Å². The van der Waals surface area contributed by atoms with Gasteiger partial charge in [-0.25, -0.2) is 0 Å². The molecule has 6 heteroatoms. The first kappa shape index (κ1) is 14.5. The van der Waals surface area contributed by atoms with Crippen molar-refractivity contribution in [2.45, 2.75) is 12.5 Å². The van der Waals surface area contributed by atoms with Crippen molar-refractivity contribution in [3.05, 3.63) is 23.8 Å².